The fourth-order valence-corrected chi connectivity index (χ4v) is 1.62. The number of hydrogen-bond donors (Lipinski definition) is 1. The van der Waals surface area contributed by atoms with Crippen LogP contribution in [0.3, 0.4) is 0 Å². The maximum Gasteiger partial charge on any atom is 0.336 e. The Kier molecular flexibility index (Phi) is 3.27. The van der Waals surface area contributed by atoms with Gasteiger partial charge in [-0.1, -0.05) is 17.3 Å². The van der Waals surface area contributed by atoms with E-state index in [0.717, 1.165) is 0 Å². The SMILES string of the molecule is [N-]=[N+]=NC1=C(C(=O)O)C=CCC1=S(=O)=O. The van der Waals surface area contributed by atoms with Gasteiger partial charge >= 0.3 is 5.97 Å². The van der Waals surface area contributed by atoms with Crippen LogP contribution in [-0.2, 0) is 15.1 Å². The van der Waals surface area contributed by atoms with Crippen LogP contribution in [0.15, 0.2) is 28.5 Å². The molecule has 0 bridgehead atoms. The average molecular weight is 227 g/mol. The largest absolute Gasteiger partial charge is 0.478 e. The van der Waals surface area contributed by atoms with Gasteiger partial charge in [0.2, 0.25) is 10.3 Å². The zero-order valence-corrected chi connectivity index (χ0v) is 8.10. The fourth-order valence-electron chi connectivity index (χ4n) is 1.08. The molecule has 0 fully saturated rings. The molecule has 15 heavy (non-hydrogen) atoms. The Balaban J connectivity index is 3.57. The fraction of sp³-hybridized carbons (Fsp3) is 0.143. The van der Waals surface area contributed by atoms with Crippen molar-refractivity contribution < 1.29 is 18.3 Å². The van der Waals surface area contributed by atoms with Gasteiger partial charge in [0, 0.05) is 11.3 Å². The molecule has 0 aromatic carbocycles. The van der Waals surface area contributed by atoms with E-state index in [1.54, 1.807) is 0 Å². The van der Waals surface area contributed by atoms with Crippen molar-refractivity contribution >= 4 is 21.1 Å². The van der Waals surface area contributed by atoms with Crippen molar-refractivity contribution in [1.82, 2.24) is 0 Å². The highest BCUT2D eigenvalue weighted by molar-refractivity contribution is 7.73. The lowest BCUT2D eigenvalue weighted by molar-refractivity contribution is -0.132. The van der Waals surface area contributed by atoms with Crippen LogP contribution in [0.4, 0.5) is 0 Å². The van der Waals surface area contributed by atoms with Crippen LogP contribution in [0.1, 0.15) is 6.42 Å². The summed E-state index contributed by atoms with van der Waals surface area (Å²) in [5.74, 6) is -1.34. The molecule has 0 unspecified atom stereocenters. The van der Waals surface area contributed by atoms with E-state index in [4.69, 9.17) is 10.6 Å². The van der Waals surface area contributed by atoms with Crippen molar-refractivity contribution in [3.05, 3.63) is 33.9 Å². The minimum atomic E-state index is -2.59. The number of aliphatic carboxylic acids is 1. The summed E-state index contributed by atoms with van der Waals surface area (Å²) in [7, 11) is -2.59. The molecule has 0 aliphatic heterocycles. The minimum absolute atomic E-state index is 0.0290. The highest BCUT2D eigenvalue weighted by Gasteiger charge is 2.19. The summed E-state index contributed by atoms with van der Waals surface area (Å²) < 4.78 is 21.5. The molecule has 1 rings (SSSR count). The predicted octanol–water partition coefficient (Wildman–Crippen LogP) is 0.647. The van der Waals surface area contributed by atoms with E-state index >= 15 is 0 Å². The van der Waals surface area contributed by atoms with Crippen molar-refractivity contribution in [3.63, 3.8) is 0 Å². The highest BCUT2D eigenvalue weighted by atomic mass is 32.2. The number of carboxylic acids is 1. The van der Waals surface area contributed by atoms with E-state index in [1.165, 1.54) is 12.2 Å². The van der Waals surface area contributed by atoms with Gasteiger partial charge < -0.3 is 5.11 Å². The van der Waals surface area contributed by atoms with Gasteiger partial charge in [-0.05, 0) is 5.53 Å². The second-order valence-corrected chi connectivity index (χ2v) is 3.48. The third-order valence-corrected chi connectivity index (χ3v) is 2.45. The van der Waals surface area contributed by atoms with Gasteiger partial charge in [-0.2, -0.15) is 8.42 Å². The van der Waals surface area contributed by atoms with E-state index in [2.05, 4.69) is 10.0 Å². The van der Waals surface area contributed by atoms with Crippen LogP contribution in [0, 0.1) is 0 Å². The first kappa shape index (κ1) is 11.0. The van der Waals surface area contributed by atoms with Crippen LogP contribution in [0.2, 0.25) is 0 Å². The molecule has 1 aliphatic rings. The number of rotatable bonds is 2. The Morgan fingerprint density at radius 1 is 1.60 bits per heavy atom. The molecule has 0 atom stereocenters. The van der Waals surface area contributed by atoms with Crippen LogP contribution in [0.25, 0.3) is 10.4 Å². The molecule has 78 valence electrons. The van der Waals surface area contributed by atoms with E-state index in [-0.39, 0.29) is 22.6 Å². The average Bonchev–Trinajstić information content (AvgIpc) is 2.17. The molecule has 8 heteroatoms. The standard InChI is InChI=1S/C7H5N3O4S/c8-10-9-6-4(7(11)12)2-1-3-5(6)15(13)14/h1-2H,3H2,(H,11,12). The second kappa shape index (κ2) is 4.45. The monoisotopic (exact) mass is 227 g/mol. The second-order valence-electron chi connectivity index (χ2n) is 2.52. The summed E-state index contributed by atoms with van der Waals surface area (Å²) in [5, 5.41) is 11.8. The van der Waals surface area contributed by atoms with Gasteiger partial charge in [0.25, 0.3) is 0 Å². The molecule has 7 nitrogen and oxygen atoms in total. The zero-order valence-electron chi connectivity index (χ0n) is 7.28. The Bertz CT molecular complexity index is 541. The first-order chi connectivity index (χ1) is 7.07. The maximum absolute atomic E-state index is 10.7. The molecule has 1 aliphatic carbocycles. The summed E-state index contributed by atoms with van der Waals surface area (Å²) >= 11 is 0. The topological polar surface area (TPSA) is 120 Å². The van der Waals surface area contributed by atoms with Crippen molar-refractivity contribution in [2.24, 2.45) is 5.11 Å². The third-order valence-electron chi connectivity index (χ3n) is 1.68. The van der Waals surface area contributed by atoms with Crippen LogP contribution >= 0.6 is 0 Å². The summed E-state index contributed by atoms with van der Waals surface area (Å²) in [4.78, 5) is 12.9. The van der Waals surface area contributed by atoms with Crippen LogP contribution in [0.5, 0.6) is 0 Å². The first-order valence-corrected chi connectivity index (χ1v) is 4.80. The summed E-state index contributed by atoms with van der Waals surface area (Å²) in [6.07, 6.45) is 2.62. The summed E-state index contributed by atoms with van der Waals surface area (Å²) in [6.45, 7) is 0. The molecular weight excluding hydrogens is 222 g/mol. The highest BCUT2D eigenvalue weighted by Crippen LogP contribution is 2.18. The molecular formula is C7H5N3O4S. The van der Waals surface area contributed by atoms with Crippen molar-refractivity contribution in [1.29, 1.82) is 0 Å². The predicted molar refractivity (Wildman–Crippen MR) is 51.5 cm³/mol. The molecule has 0 spiro atoms. The van der Waals surface area contributed by atoms with E-state index in [1.807, 2.05) is 0 Å². The smallest absolute Gasteiger partial charge is 0.336 e. The lowest BCUT2D eigenvalue weighted by atomic mass is 10.0. The first-order valence-electron chi connectivity index (χ1n) is 3.72. The number of nitrogens with zero attached hydrogens (tertiary/aromatic N) is 3. The van der Waals surface area contributed by atoms with Gasteiger partial charge in [0.05, 0.1) is 16.1 Å². The van der Waals surface area contributed by atoms with Crippen LogP contribution in [-0.4, -0.2) is 24.4 Å². The number of hydrogen-bond acceptors (Lipinski definition) is 4. The summed E-state index contributed by atoms with van der Waals surface area (Å²) in [5.41, 5.74) is 7.54. The molecule has 1 N–H and O–H groups in total. The maximum atomic E-state index is 10.7. The van der Waals surface area contributed by atoms with Crippen molar-refractivity contribution in [3.8, 4) is 0 Å². The number of carbonyl (C=O) groups is 1. The number of carboxylic acid groups (broad SMARTS) is 1. The van der Waals surface area contributed by atoms with E-state index < -0.39 is 16.3 Å². The molecule has 0 saturated heterocycles. The molecule has 0 aromatic heterocycles. The Hall–Kier alpha value is -2.05. The van der Waals surface area contributed by atoms with Crippen molar-refractivity contribution in [2.45, 2.75) is 6.42 Å². The Morgan fingerprint density at radius 3 is 2.73 bits per heavy atom. The lowest BCUT2D eigenvalue weighted by Gasteiger charge is -2.08. The lowest BCUT2D eigenvalue weighted by Crippen LogP contribution is -2.12. The molecule has 0 amide bonds. The van der Waals surface area contributed by atoms with Gasteiger partial charge in [-0.25, -0.2) is 4.79 Å². The Labute approximate surface area is 85.5 Å². The third kappa shape index (κ3) is 2.25. The molecule has 0 saturated carbocycles. The van der Waals surface area contributed by atoms with Crippen molar-refractivity contribution in [2.75, 3.05) is 0 Å². The minimum Gasteiger partial charge on any atom is -0.478 e. The zero-order chi connectivity index (χ0) is 11.4. The van der Waals surface area contributed by atoms with E-state index in [0.29, 0.717) is 0 Å². The number of azide groups is 1. The normalized spacial score (nSPS) is 14.8. The Morgan fingerprint density at radius 2 is 2.27 bits per heavy atom. The molecule has 0 heterocycles. The molecule has 0 radical (unpaired) electrons. The van der Waals surface area contributed by atoms with Gasteiger partial charge in [-0.15, -0.1) is 0 Å². The van der Waals surface area contributed by atoms with Gasteiger partial charge in [0.15, 0.2) is 0 Å². The quantitative estimate of drug-likeness (QED) is 0.322. The summed E-state index contributed by atoms with van der Waals surface area (Å²) in [6, 6.07) is 0. The van der Waals surface area contributed by atoms with Gasteiger partial charge in [-0.3, -0.25) is 0 Å². The van der Waals surface area contributed by atoms with Crippen LogP contribution < -0.4 is 0 Å². The number of allylic oxidation sites excluding steroid dienone is 2. The van der Waals surface area contributed by atoms with E-state index in [9.17, 15) is 13.2 Å². The van der Waals surface area contributed by atoms with Gasteiger partial charge in [0.1, 0.15) is 0 Å². The molecule has 0 aromatic rings.